The molecule has 0 aliphatic carbocycles. The van der Waals surface area contributed by atoms with Crippen molar-refractivity contribution in [3.8, 4) is 0 Å². The number of imidazole rings is 1. The number of aromatic amines is 1. The van der Waals surface area contributed by atoms with Crippen LogP contribution in [0.15, 0.2) is 11.4 Å². The van der Waals surface area contributed by atoms with E-state index in [0.717, 1.165) is 29.3 Å². The van der Waals surface area contributed by atoms with Gasteiger partial charge in [0.15, 0.2) is 5.65 Å². The van der Waals surface area contributed by atoms with Crippen LogP contribution in [0.2, 0.25) is 0 Å². The Bertz CT molecular complexity index is 487. The summed E-state index contributed by atoms with van der Waals surface area (Å²) >= 11 is 1.60. The zero-order valence-corrected chi connectivity index (χ0v) is 10.4. The third-order valence-corrected chi connectivity index (χ3v) is 3.19. The number of hydrogen-bond acceptors (Lipinski definition) is 6. The van der Waals surface area contributed by atoms with E-state index in [-0.39, 0.29) is 6.61 Å². The molecule has 0 radical (unpaired) electrons. The average Bonchev–Trinajstić information content (AvgIpc) is 2.78. The molecule has 0 aromatic carbocycles. The van der Waals surface area contributed by atoms with Gasteiger partial charge in [0, 0.05) is 18.9 Å². The molecule has 0 spiro atoms. The molecule has 0 unspecified atom stereocenters. The first-order chi connectivity index (χ1) is 8.35. The normalized spacial score (nSPS) is 10.9. The van der Waals surface area contributed by atoms with Crippen molar-refractivity contribution in [1.29, 1.82) is 0 Å². The fraction of sp³-hybridized carbons (Fsp3) is 0.500. The molecular weight excluding hydrogens is 238 g/mol. The van der Waals surface area contributed by atoms with Crippen LogP contribution in [0.3, 0.4) is 0 Å². The van der Waals surface area contributed by atoms with E-state index in [1.54, 1.807) is 18.1 Å². The van der Waals surface area contributed by atoms with Crippen molar-refractivity contribution < 1.29 is 5.11 Å². The first-order valence-corrected chi connectivity index (χ1v) is 6.52. The predicted molar refractivity (Wildman–Crippen MR) is 68.3 cm³/mol. The lowest BCUT2D eigenvalue weighted by molar-refractivity contribution is 0.296. The van der Waals surface area contributed by atoms with Crippen molar-refractivity contribution >= 4 is 28.9 Å². The van der Waals surface area contributed by atoms with E-state index in [1.807, 2.05) is 6.92 Å². The molecule has 0 bridgehead atoms. The summed E-state index contributed by atoms with van der Waals surface area (Å²) in [4.78, 5) is 15.9. The Kier molecular flexibility index (Phi) is 4.16. The lowest BCUT2D eigenvalue weighted by Gasteiger charge is -2.05. The number of rotatable bonds is 6. The van der Waals surface area contributed by atoms with Crippen LogP contribution in [0.5, 0.6) is 0 Å². The SMILES string of the molecule is CCNc1nc(SCCCO)c2[nH]cnc2n1. The lowest BCUT2D eigenvalue weighted by atomic mass is 10.5. The highest BCUT2D eigenvalue weighted by Gasteiger charge is 2.09. The standard InChI is InChI=1S/C10H15N5OS/c1-2-11-10-14-8-7(12-6-13-8)9(15-10)17-5-3-4-16/h6,16H,2-5H2,1H3,(H2,11,12,13,14,15). The van der Waals surface area contributed by atoms with Crippen LogP contribution in [0, 0.1) is 0 Å². The first kappa shape index (κ1) is 12.1. The fourth-order valence-electron chi connectivity index (χ4n) is 1.38. The second kappa shape index (κ2) is 5.83. The highest BCUT2D eigenvalue weighted by Crippen LogP contribution is 2.24. The quantitative estimate of drug-likeness (QED) is 0.408. The molecule has 7 heteroatoms. The van der Waals surface area contributed by atoms with Gasteiger partial charge in [0.1, 0.15) is 10.5 Å². The Morgan fingerprint density at radius 3 is 3.12 bits per heavy atom. The number of anilines is 1. The van der Waals surface area contributed by atoms with Crippen LogP contribution in [0.4, 0.5) is 5.95 Å². The molecular formula is C10H15N5OS. The third-order valence-electron chi connectivity index (χ3n) is 2.13. The second-order valence-corrected chi connectivity index (χ2v) is 4.49. The van der Waals surface area contributed by atoms with Crippen molar-refractivity contribution in [2.75, 3.05) is 24.2 Å². The third kappa shape index (κ3) is 2.86. The number of aromatic nitrogens is 4. The molecule has 0 amide bonds. The minimum Gasteiger partial charge on any atom is -0.396 e. The molecule has 92 valence electrons. The number of H-pyrrole nitrogens is 1. The second-order valence-electron chi connectivity index (χ2n) is 3.41. The van der Waals surface area contributed by atoms with Crippen LogP contribution in [0.1, 0.15) is 13.3 Å². The summed E-state index contributed by atoms with van der Waals surface area (Å²) in [5.74, 6) is 1.42. The number of aliphatic hydroxyl groups excluding tert-OH is 1. The van der Waals surface area contributed by atoms with Gasteiger partial charge < -0.3 is 15.4 Å². The van der Waals surface area contributed by atoms with Crippen molar-refractivity contribution in [3.63, 3.8) is 0 Å². The summed E-state index contributed by atoms with van der Waals surface area (Å²) in [6.45, 7) is 2.97. The Balaban J connectivity index is 2.26. The molecule has 0 atom stereocenters. The lowest BCUT2D eigenvalue weighted by Crippen LogP contribution is -2.03. The molecule has 2 aromatic heterocycles. The molecule has 2 heterocycles. The maximum atomic E-state index is 8.78. The Labute approximate surface area is 103 Å². The van der Waals surface area contributed by atoms with Gasteiger partial charge in [-0.15, -0.1) is 11.8 Å². The molecule has 6 nitrogen and oxygen atoms in total. The highest BCUT2D eigenvalue weighted by molar-refractivity contribution is 7.99. The number of hydrogen-bond donors (Lipinski definition) is 3. The number of fused-ring (bicyclic) bond motifs is 1. The zero-order valence-electron chi connectivity index (χ0n) is 9.60. The fourth-order valence-corrected chi connectivity index (χ4v) is 2.29. The minimum absolute atomic E-state index is 0.199. The van der Waals surface area contributed by atoms with Gasteiger partial charge >= 0.3 is 0 Å². The predicted octanol–water partition coefficient (Wildman–Crippen LogP) is 1.26. The smallest absolute Gasteiger partial charge is 0.225 e. The van der Waals surface area contributed by atoms with Crippen LogP contribution in [-0.4, -0.2) is 43.9 Å². The number of nitrogens with one attached hydrogen (secondary N) is 2. The molecule has 2 aromatic rings. The monoisotopic (exact) mass is 253 g/mol. The Morgan fingerprint density at radius 1 is 1.47 bits per heavy atom. The average molecular weight is 253 g/mol. The summed E-state index contributed by atoms with van der Waals surface area (Å²) in [5.41, 5.74) is 1.53. The summed E-state index contributed by atoms with van der Waals surface area (Å²) in [5, 5.41) is 12.7. The van der Waals surface area contributed by atoms with E-state index in [1.165, 1.54) is 0 Å². The summed E-state index contributed by atoms with van der Waals surface area (Å²) in [6.07, 6.45) is 2.37. The zero-order chi connectivity index (χ0) is 12.1. The van der Waals surface area contributed by atoms with E-state index < -0.39 is 0 Å². The number of nitrogens with zero attached hydrogens (tertiary/aromatic N) is 3. The van der Waals surface area contributed by atoms with Crippen LogP contribution < -0.4 is 5.32 Å². The van der Waals surface area contributed by atoms with Crippen molar-refractivity contribution in [2.45, 2.75) is 18.4 Å². The molecule has 0 saturated heterocycles. The van der Waals surface area contributed by atoms with E-state index >= 15 is 0 Å². The van der Waals surface area contributed by atoms with Gasteiger partial charge in [-0.25, -0.2) is 9.97 Å². The van der Waals surface area contributed by atoms with Gasteiger partial charge in [-0.1, -0.05) is 0 Å². The van der Waals surface area contributed by atoms with Crippen LogP contribution in [-0.2, 0) is 0 Å². The molecule has 0 aliphatic heterocycles. The summed E-state index contributed by atoms with van der Waals surface area (Å²) < 4.78 is 0. The van der Waals surface area contributed by atoms with Gasteiger partial charge in [0.25, 0.3) is 0 Å². The van der Waals surface area contributed by atoms with Gasteiger partial charge in [-0.05, 0) is 13.3 Å². The molecule has 17 heavy (non-hydrogen) atoms. The molecule has 0 aliphatic rings. The van der Waals surface area contributed by atoms with Crippen molar-refractivity contribution in [3.05, 3.63) is 6.33 Å². The Hall–Kier alpha value is -1.34. The number of aliphatic hydroxyl groups is 1. The topological polar surface area (TPSA) is 86.7 Å². The van der Waals surface area contributed by atoms with Gasteiger partial charge in [0.05, 0.1) is 6.33 Å². The molecule has 0 saturated carbocycles. The van der Waals surface area contributed by atoms with Crippen LogP contribution in [0.25, 0.3) is 11.2 Å². The first-order valence-electron chi connectivity index (χ1n) is 5.53. The molecule has 0 fully saturated rings. The molecule has 3 N–H and O–H groups in total. The van der Waals surface area contributed by atoms with Gasteiger partial charge in [-0.3, -0.25) is 0 Å². The van der Waals surface area contributed by atoms with Crippen LogP contribution >= 0.6 is 11.8 Å². The van der Waals surface area contributed by atoms with Gasteiger partial charge in [-0.2, -0.15) is 4.98 Å². The molecule has 2 rings (SSSR count). The van der Waals surface area contributed by atoms with E-state index in [2.05, 4.69) is 25.3 Å². The summed E-state index contributed by atoms with van der Waals surface area (Å²) in [6, 6.07) is 0. The Morgan fingerprint density at radius 2 is 2.35 bits per heavy atom. The van der Waals surface area contributed by atoms with Crippen molar-refractivity contribution in [1.82, 2.24) is 19.9 Å². The largest absolute Gasteiger partial charge is 0.396 e. The van der Waals surface area contributed by atoms with E-state index in [4.69, 9.17) is 5.11 Å². The maximum Gasteiger partial charge on any atom is 0.225 e. The minimum atomic E-state index is 0.199. The number of thioether (sulfide) groups is 1. The van der Waals surface area contributed by atoms with E-state index in [0.29, 0.717) is 11.6 Å². The highest BCUT2D eigenvalue weighted by atomic mass is 32.2. The van der Waals surface area contributed by atoms with E-state index in [9.17, 15) is 0 Å². The van der Waals surface area contributed by atoms with Gasteiger partial charge in [0.2, 0.25) is 5.95 Å². The van der Waals surface area contributed by atoms with Crippen molar-refractivity contribution in [2.24, 2.45) is 0 Å². The maximum absolute atomic E-state index is 8.78. The summed E-state index contributed by atoms with van der Waals surface area (Å²) in [7, 11) is 0.